The molecule has 1 heterocycles. The summed E-state index contributed by atoms with van der Waals surface area (Å²) in [6, 6.07) is 6.43. The van der Waals surface area contributed by atoms with Crippen LogP contribution in [0.3, 0.4) is 0 Å². The molecule has 2 N–H and O–H groups in total. The molecule has 20 heavy (non-hydrogen) atoms. The molecule has 2 aromatic rings. The average molecular weight is 288 g/mol. The molecule has 0 unspecified atom stereocenters. The second-order valence-electron chi connectivity index (χ2n) is 7.23. The highest BCUT2D eigenvalue weighted by Crippen LogP contribution is 2.47. The molecule has 1 aliphatic carbocycles. The third-order valence-electron chi connectivity index (χ3n) is 4.76. The van der Waals surface area contributed by atoms with Crippen molar-refractivity contribution < 1.29 is 10.0 Å². The number of rotatable bonds is 1. The lowest BCUT2D eigenvalue weighted by Crippen LogP contribution is -2.33. The number of benzene rings is 1. The number of hydrogen-bond acceptors (Lipinski definition) is 3. The Balaban J connectivity index is 2.28. The van der Waals surface area contributed by atoms with Gasteiger partial charge >= 0.3 is 7.12 Å². The van der Waals surface area contributed by atoms with E-state index >= 15 is 0 Å². The fourth-order valence-electron chi connectivity index (χ4n) is 3.25. The van der Waals surface area contributed by atoms with E-state index in [1.54, 1.807) is 0 Å². The Kier molecular flexibility index (Phi) is 3.05. The minimum atomic E-state index is -1.37. The van der Waals surface area contributed by atoms with Gasteiger partial charge in [-0.1, -0.05) is 27.7 Å². The molecule has 0 fully saturated rings. The van der Waals surface area contributed by atoms with Crippen molar-refractivity contribution in [3.8, 4) is 0 Å². The van der Waals surface area contributed by atoms with E-state index in [9.17, 15) is 10.0 Å². The highest BCUT2D eigenvalue weighted by Gasteiger charge is 2.37. The van der Waals surface area contributed by atoms with Crippen LogP contribution < -0.4 is 4.78 Å². The van der Waals surface area contributed by atoms with E-state index < -0.39 is 7.12 Å². The van der Waals surface area contributed by atoms with Gasteiger partial charge in [-0.2, -0.15) is 0 Å². The van der Waals surface area contributed by atoms with Crippen molar-refractivity contribution in [2.45, 2.75) is 51.4 Å². The highest BCUT2D eigenvalue weighted by molar-refractivity contribution is 7.27. The Morgan fingerprint density at radius 2 is 1.50 bits per heavy atom. The summed E-state index contributed by atoms with van der Waals surface area (Å²) in [5, 5.41) is 19.9. The van der Waals surface area contributed by atoms with Crippen molar-refractivity contribution in [1.29, 1.82) is 0 Å². The van der Waals surface area contributed by atoms with Crippen molar-refractivity contribution in [3.63, 3.8) is 0 Å². The summed E-state index contributed by atoms with van der Waals surface area (Å²) in [6.07, 6.45) is 2.39. The van der Waals surface area contributed by atoms with Crippen molar-refractivity contribution in [2.75, 3.05) is 0 Å². The summed E-state index contributed by atoms with van der Waals surface area (Å²) in [5.74, 6) is 0. The molecular weight excluding hydrogens is 267 g/mol. The Hall–Kier alpha value is -0.835. The number of hydrogen-bond donors (Lipinski definition) is 2. The minimum absolute atomic E-state index is 0.193. The van der Waals surface area contributed by atoms with Crippen LogP contribution in [0.25, 0.3) is 10.1 Å². The van der Waals surface area contributed by atoms with Crippen LogP contribution >= 0.6 is 11.3 Å². The van der Waals surface area contributed by atoms with Gasteiger partial charge in [-0.15, -0.1) is 11.3 Å². The Bertz CT molecular complexity index is 617. The van der Waals surface area contributed by atoms with Gasteiger partial charge in [0, 0.05) is 9.48 Å². The van der Waals surface area contributed by atoms with E-state index in [4.69, 9.17) is 0 Å². The fourth-order valence-corrected chi connectivity index (χ4v) is 4.21. The molecule has 0 atom stereocenters. The largest absolute Gasteiger partial charge is 0.499 e. The van der Waals surface area contributed by atoms with E-state index in [0.717, 1.165) is 10.1 Å². The smallest absolute Gasteiger partial charge is 0.423 e. The van der Waals surface area contributed by atoms with Crippen molar-refractivity contribution in [3.05, 3.63) is 29.3 Å². The van der Waals surface area contributed by atoms with Crippen molar-refractivity contribution in [2.24, 2.45) is 0 Å². The highest BCUT2D eigenvalue weighted by atomic mass is 32.1. The Labute approximate surface area is 124 Å². The standard InChI is InChI=1S/C16H21BO2S/c1-15(2)5-6-16(3,4)12-9-13-10(7-11(12)15)8-14(20-13)17(18)19/h7-9,18-19H,5-6H2,1-4H3. The zero-order valence-corrected chi connectivity index (χ0v) is 13.3. The van der Waals surface area contributed by atoms with Crippen LogP contribution in [0.2, 0.25) is 0 Å². The molecule has 0 aliphatic heterocycles. The molecule has 0 radical (unpaired) electrons. The van der Waals surface area contributed by atoms with Crippen molar-refractivity contribution in [1.82, 2.24) is 0 Å². The van der Waals surface area contributed by atoms with Crippen LogP contribution in [-0.4, -0.2) is 17.2 Å². The quantitative estimate of drug-likeness (QED) is 0.792. The zero-order valence-electron chi connectivity index (χ0n) is 12.5. The molecule has 4 heteroatoms. The van der Waals surface area contributed by atoms with Crippen LogP contribution in [0.1, 0.15) is 51.7 Å². The topological polar surface area (TPSA) is 40.5 Å². The predicted molar refractivity (Wildman–Crippen MR) is 86.9 cm³/mol. The SMILES string of the molecule is CC1(C)CCC(C)(C)c2cc3sc(B(O)O)cc3cc21. The van der Waals surface area contributed by atoms with Crippen LogP contribution in [0.4, 0.5) is 0 Å². The van der Waals surface area contributed by atoms with Crippen LogP contribution in [0, 0.1) is 0 Å². The Morgan fingerprint density at radius 1 is 0.950 bits per heavy atom. The summed E-state index contributed by atoms with van der Waals surface area (Å²) in [4.78, 5) is 0. The predicted octanol–water partition coefficient (Wildman–Crippen LogP) is 2.93. The molecule has 1 aliphatic rings. The molecule has 0 bridgehead atoms. The summed E-state index contributed by atoms with van der Waals surface area (Å²) < 4.78 is 1.77. The first-order valence-electron chi connectivity index (χ1n) is 7.15. The maximum Gasteiger partial charge on any atom is 0.499 e. The van der Waals surface area contributed by atoms with Gasteiger partial charge in [-0.05, 0) is 58.4 Å². The summed E-state index contributed by atoms with van der Waals surface area (Å²) in [7, 11) is -1.37. The molecule has 2 nitrogen and oxygen atoms in total. The molecule has 0 spiro atoms. The number of fused-ring (bicyclic) bond motifs is 2. The van der Waals surface area contributed by atoms with E-state index in [0.29, 0.717) is 4.78 Å². The zero-order chi connectivity index (χ0) is 14.7. The van der Waals surface area contributed by atoms with Gasteiger partial charge in [0.25, 0.3) is 0 Å². The second kappa shape index (κ2) is 4.33. The fraction of sp³-hybridized carbons (Fsp3) is 0.500. The lowest BCUT2D eigenvalue weighted by Gasteiger charge is -2.41. The monoisotopic (exact) mass is 288 g/mol. The maximum absolute atomic E-state index is 9.36. The van der Waals surface area contributed by atoms with Crippen LogP contribution in [-0.2, 0) is 10.8 Å². The lowest BCUT2D eigenvalue weighted by atomic mass is 9.63. The Morgan fingerprint density at radius 3 is 2.05 bits per heavy atom. The van der Waals surface area contributed by atoms with Gasteiger partial charge in [0.2, 0.25) is 0 Å². The molecule has 106 valence electrons. The van der Waals surface area contributed by atoms with E-state index in [-0.39, 0.29) is 10.8 Å². The molecule has 0 amide bonds. The summed E-state index contributed by atoms with van der Waals surface area (Å²) in [6.45, 7) is 9.23. The number of thiophene rings is 1. The molecule has 1 aromatic heterocycles. The maximum atomic E-state index is 9.36. The van der Waals surface area contributed by atoms with E-state index in [1.807, 2.05) is 6.07 Å². The molecular formula is C16H21BO2S. The van der Waals surface area contributed by atoms with E-state index in [1.165, 1.54) is 35.3 Å². The third-order valence-corrected chi connectivity index (χ3v) is 5.90. The first kappa shape index (κ1) is 14.1. The van der Waals surface area contributed by atoms with Gasteiger partial charge in [0.1, 0.15) is 0 Å². The summed E-state index contributed by atoms with van der Waals surface area (Å²) >= 11 is 1.48. The molecule has 3 rings (SSSR count). The first-order chi connectivity index (χ1) is 9.21. The third kappa shape index (κ3) is 2.10. The molecule has 1 aromatic carbocycles. The lowest BCUT2D eigenvalue weighted by molar-refractivity contribution is 0.332. The van der Waals surface area contributed by atoms with Crippen molar-refractivity contribution >= 4 is 33.3 Å². The van der Waals surface area contributed by atoms with E-state index in [2.05, 4.69) is 39.8 Å². The van der Waals surface area contributed by atoms with Crippen LogP contribution in [0.5, 0.6) is 0 Å². The molecule has 0 saturated heterocycles. The van der Waals surface area contributed by atoms with Gasteiger partial charge in [0.15, 0.2) is 0 Å². The normalized spacial score (nSPS) is 19.9. The summed E-state index contributed by atoms with van der Waals surface area (Å²) in [5.41, 5.74) is 3.22. The average Bonchev–Trinajstić information content (AvgIpc) is 2.77. The molecule has 0 saturated carbocycles. The van der Waals surface area contributed by atoms with Gasteiger partial charge < -0.3 is 10.0 Å². The van der Waals surface area contributed by atoms with Gasteiger partial charge in [0.05, 0.1) is 0 Å². The minimum Gasteiger partial charge on any atom is -0.423 e. The van der Waals surface area contributed by atoms with Crippen LogP contribution in [0.15, 0.2) is 18.2 Å². The van der Waals surface area contributed by atoms with Gasteiger partial charge in [-0.25, -0.2) is 0 Å². The second-order valence-corrected chi connectivity index (χ2v) is 8.34. The first-order valence-corrected chi connectivity index (χ1v) is 7.97. The van der Waals surface area contributed by atoms with Gasteiger partial charge in [-0.3, -0.25) is 0 Å².